The van der Waals surface area contributed by atoms with Crippen LogP contribution in [0.5, 0.6) is 0 Å². The average molecular weight is 291 g/mol. The number of carbonyl (C=O) groups is 2. The van der Waals surface area contributed by atoms with Gasteiger partial charge >= 0.3 is 0 Å². The van der Waals surface area contributed by atoms with E-state index in [1.807, 2.05) is 0 Å². The first kappa shape index (κ1) is 15.0. The second-order valence-electron chi connectivity index (χ2n) is 4.71. The topological polar surface area (TPSA) is 117 Å². The fraction of sp³-hybridized carbons (Fsp3) is 0.462. The quantitative estimate of drug-likeness (QED) is 0.528. The highest BCUT2D eigenvalue weighted by atomic mass is 16.5. The zero-order chi connectivity index (χ0) is 15.2. The van der Waals surface area contributed by atoms with E-state index in [2.05, 4.69) is 20.6 Å². The molecule has 2 heterocycles. The molecule has 1 aliphatic heterocycles. The van der Waals surface area contributed by atoms with Crippen LogP contribution in [-0.4, -0.2) is 46.9 Å². The van der Waals surface area contributed by atoms with Gasteiger partial charge in [0.05, 0.1) is 5.56 Å². The lowest BCUT2D eigenvalue weighted by Gasteiger charge is -2.22. The first-order valence-corrected chi connectivity index (χ1v) is 6.63. The Balaban J connectivity index is 1.96. The molecule has 8 nitrogen and oxygen atoms in total. The molecule has 2 rings (SSSR count). The smallest absolute Gasteiger partial charge is 0.254 e. The number of amidine groups is 1. The molecule has 1 fully saturated rings. The van der Waals surface area contributed by atoms with Crippen molar-refractivity contribution in [3.8, 4) is 0 Å². The van der Waals surface area contributed by atoms with Crippen LogP contribution < -0.4 is 10.6 Å². The lowest BCUT2D eigenvalue weighted by Crippen LogP contribution is -2.39. The first-order chi connectivity index (χ1) is 10.1. The Morgan fingerprint density at radius 2 is 1.90 bits per heavy atom. The van der Waals surface area contributed by atoms with E-state index in [0.717, 1.165) is 12.8 Å². The summed E-state index contributed by atoms with van der Waals surface area (Å²) in [6, 6.07) is 0.101. The lowest BCUT2D eigenvalue weighted by molar-refractivity contribution is -0.117. The predicted molar refractivity (Wildman–Crippen MR) is 74.0 cm³/mol. The third-order valence-electron chi connectivity index (χ3n) is 3.00. The summed E-state index contributed by atoms with van der Waals surface area (Å²) in [6.07, 6.45) is 4.26. The van der Waals surface area contributed by atoms with E-state index in [-0.39, 0.29) is 29.5 Å². The zero-order valence-electron chi connectivity index (χ0n) is 11.7. The summed E-state index contributed by atoms with van der Waals surface area (Å²) in [5, 5.41) is 12.7. The summed E-state index contributed by atoms with van der Waals surface area (Å²) < 4.78 is 5.23. The number of carbonyl (C=O) groups excluding carboxylic acids is 2. The van der Waals surface area contributed by atoms with Gasteiger partial charge in [-0.05, 0) is 12.8 Å². The van der Waals surface area contributed by atoms with Gasteiger partial charge in [-0.25, -0.2) is 9.97 Å². The second kappa shape index (κ2) is 6.89. The SMILES string of the molecule is CC(=O)NC(=N)c1ncc(C(=O)NC2CCOCC2)cn1. The molecule has 0 spiro atoms. The maximum atomic E-state index is 12.0. The molecule has 2 amide bonds. The largest absolute Gasteiger partial charge is 0.381 e. The summed E-state index contributed by atoms with van der Waals surface area (Å²) in [4.78, 5) is 30.7. The molecule has 0 atom stereocenters. The van der Waals surface area contributed by atoms with Gasteiger partial charge in [0.2, 0.25) is 5.91 Å². The Morgan fingerprint density at radius 1 is 1.29 bits per heavy atom. The summed E-state index contributed by atoms with van der Waals surface area (Å²) >= 11 is 0. The Bertz CT molecular complexity index is 537. The minimum atomic E-state index is -0.370. The molecule has 112 valence electrons. The van der Waals surface area contributed by atoms with Crippen molar-refractivity contribution in [3.63, 3.8) is 0 Å². The number of nitrogens with zero attached hydrogens (tertiary/aromatic N) is 2. The molecule has 1 aliphatic rings. The van der Waals surface area contributed by atoms with E-state index in [1.54, 1.807) is 0 Å². The van der Waals surface area contributed by atoms with Crippen molar-refractivity contribution in [1.29, 1.82) is 5.41 Å². The van der Waals surface area contributed by atoms with Crippen LogP contribution >= 0.6 is 0 Å². The van der Waals surface area contributed by atoms with Crippen molar-refractivity contribution >= 4 is 17.6 Å². The third kappa shape index (κ3) is 4.32. The maximum Gasteiger partial charge on any atom is 0.254 e. The van der Waals surface area contributed by atoms with Gasteiger partial charge in [-0.1, -0.05) is 0 Å². The van der Waals surface area contributed by atoms with Gasteiger partial charge < -0.3 is 15.4 Å². The van der Waals surface area contributed by atoms with Crippen molar-refractivity contribution in [3.05, 3.63) is 23.8 Å². The minimum absolute atomic E-state index is 0.0628. The predicted octanol–water partition coefficient (Wildman–Crippen LogP) is -0.153. The Morgan fingerprint density at radius 3 is 2.48 bits per heavy atom. The normalized spacial score (nSPS) is 15.3. The molecule has 0 bridgehead atoms. The number of ether oxygens (including phenoxy) is 1. The molecular formula is C13H17N5O3. The molecule has 0 saturated carbocycles. The molecule has 1 aromatic rings. The number of hydrogen-bond acceptors (Lipinski definition) is 6. The number of rotatable bonds is 3. The average Bonchev–Trinajstić information content (AvgIpc) is 2.47. The molecule has 1 aromatic heterocycles. The maximum absolute atomic E-state index is 12.0. The number of nitrogens with one attached hydrogen (secondary N) is 3. The van der Waals surface area contributed by atoms with Crippen molar-refractivity contribution in [1.82, 2.24) is 20.6 Å². The van der Waals surface area contributed by atoms with Crippen LogP contribution in [0.15, 0.2) is 12.4 Å². The van der Waals surface area contributed by atoms with Gasteiger partial charge in [-0.3, -0.25) is 15.0 Å². The summed E-state index contributed by atoms with van der Waals surface area (Å²) in [5.74, 6) is -0.754. The van der Waals surface area contributed by atoms with E-state index >= 15 is 0 Å². The van der Waals surface area contributed by atoms with Crippen molar-refractivity contribution in [2.75, 3.05) is 13.2 Å². The van der Waals surface area contributed by atoms with Crippen molar-refractivity contribution < 1.29 is 14.3 Å². The summed E-state index contributed by atoms with van der Waals surface area (Å²) in [5.41, 5.74) is 0.320. The van der Waals surface area contributed by atoms with Crippen LogP contribution in [0.2, 0.25) is 0 Å². The van der Waals surface area contributed by atoms with Gasteiger partial charge in [-0.2, -0.15) is 0 Å². The summed E-state index contributed by atoms with van der Waals surface area (Å²) in [7, 11) is 0. The number of aromatic nitrogens is 2. The van der Waals surface area contributed by atoms with E-state index in [4.69, 9.17) is 10.1 Å². The van der Waals surface area contributed by atoms with Crippen LogP contribution in [-0.2, 0) is 9.53 Å². The molecule has 8 heteroatoms. The molecule has 0 aliphatic carbocycles. The lowest BCUT2D eigenvalue weighted by atomic mass is 10.1. The summed E-state index contributed by atoms with van der Waals surface area (Å²) in [6.45, 7) is 2.59. The zero-order valence-corrected chi connectivity index (χ0v) is 11.7. The van der Waals surface area contributed by atoms with Crippen LogP contribution in [0.3, 0.4) is 0 Å². The third-order valence-corrected chi connectivity index (χ3v) is 3.00. The van der Waals surface area contributed by atoms with Crippen LogP contribution in [0.4, 0.5) is 0 Å². The highest BCUT2D eigenvalue weighted by Crippen LogP contribution is 2.07. The Labute approximate surface area is 121 Å². The first-order valence-electron chi connectivity index (χ1n) is 6.63. The Hall–Kier alpha value is -2.35. The second-order valence-corrected chi connectivity index (χ2v) is 4.71. The monoisotopic (exact) mass is 291 g/mol. The molecule has 3 N–H and O–H groups in total. The van der Waals surface area contributed by atoms with Gasteiger partial charge in [0.1, 0.15) is 0 Å². The van der Waals surface area contributed by atoms with Crippen LogP contribution in [0, 0.1) is 5.41 Å². The van der Waals surface area contributed by atoms with Crippen molar-refractivity contribution in [2.45, 2.75) is 25.8 Å². The fourth-order valence-corrected chi connectivity index (χ4v) is 1.92. The molecule has 0 radical (unpaired) electrons. The fourth-order valence-electron chi connectivity index (χ4n) is 1.92. The Kier molecular flexibility index (Phi) is 4.94. The van der Waals surface area contributed by atoms with E-state index < -0.39 is 0 Å². The standard InChI is InChI=1S/C13H17N5O3/c1-8(19)17-11(14)12-15-6-9(7-16-12)13(20)18-10-2-4-21-5-3-10/h6-7,10H,2-5H2,1H3,(H,18,20)(H2,14,17,19). The minimum Gasteiger partial charge on any atom is -0.381 e. The van der Waals surface area contributed by atoms with Gasteiger partial charge in [-0.15, -0.1) is 0 Å². The molecule has 0 aromatic carbocycles. The molecular weight excluding hydrogens is 274 g/mol. The van der Waals surface area contributed by atoms with E-state index in [9.17, 15) is 9.59 Å². The van der Waals surface area contributed by atoms with E-state index in [0.29, 0.717) is 18.8 Å². The van der Waals surface area contributed by atoms with Crippen molar-refractivity contribution in [2.24, 2.45) is 0 Å². The van der Waals surface area contributed by atoms with Gasteiger partial charge in [0.15, 0.2) is 11.7 Å². The highest BCUT2D eigenvalue weighted by Gasteiger charge is 2.17. The number of amides is 2. The van der Waals surface area contributed by atoms with Crippen LogP contribution in [0.25, 0.3) is 0 Å². The molecule has 1 saturated heterocycles. The molecule has 0 unspecified atom stereocenters. The van der Waals surface area contributed by atoms with E-state index in [1.165, 1.54) is 19.3 Å². The van der Waals surface area contributed by atoms with Gasteiger partial charge in [0, 0.05) is 38.6 Å². The molecule has 21 heavy (non-hydrogen) atoms. The number of hydrogen-bond donors (Lipinski definition) is 3. The highest BCUT2D eigenvalue weighted by molar-refractivity contribution is 6.03. The van der Waals surface area contributed by atoms with Crippen LogP contribution in [0.1, 0.15) is 35.9 Å². The van der Waals surface area contributed by atoms with Gasteiger partial charge in [0.25, 0.3) is 5.91 Å².